The van der Waals surface area contributed by atoms with Crippen molar-refractivity contribution in [3.63, 3.8) is 0 Å². The van der Waals surface area contributed by atoms with Gasteiger partial charge in [0.05, 0.1) is 5.56 Å². The first kappa shape index (κ1) is 12.7. The Kier molecular flexibility index (Phi) is 3.39. The van der Waals surface area contributed by atoms with Crippen LogP contribution >= 0.6 is 11.6 Å². The van der Waals surface area contributed by atoms with Crippen molar-refractivity contribution in [2.75, 3.05) is 0 Å². The van der Waals surface area contributed by atoms with Gasteiger partial charge in [0.1, 0.15) is 0 Å². The quantitative estimate of drug-likeness (QED) is 0.873. The third-order valence-corrected chi connectivity index (χ3v) is 3.21. The first-order chi connectivity index (χ1) is 8.49. The maximum Gasteiger partial charge on any atom is 0.335 e. The van der Waals surface area contributed by atoms with Gasteiger partial charge in [0.15, 0.2) is 0 Å². The molecule has 2 nitrogen and oxygen atoms in total. The van der Waals surface area contributed by atoms with E-state index >= 15 is 0 Å². The standard InChI is InChI=1S/C15H13ClO2/c1-9-3-4-10(2)13(7-9)12-6-5-11(15(17)18)8-14(12)16/h3-8H,1-2H3,(H,17,18). The van der Waals surface area contributed by atoms with Crippen LogP contribution in [0.4, 0.5) is 0 Å². The molecular formula is C15H13ClO2. The number of hydrogen-bond acceptors (Lipinski definition) is 1. The number of aromatic carboxylic acids is 1. The van der Waals surface area contributed by atoms with Crippen molar-refractivity contribution >= 4 is 17.6 Å². The van der Waals surface area contributed by atoms with E-state index in [1.165, 1.54) is 6.07 Å². The van der Waals surface area contributed by atoms with Gasteiger partial charge in [-0.05, 0) is 37.1 Å². The molecule has 1 N–H and O–H groups in total. The van der Waals surface area contributed by atoms with E-state index in [2.05, 4.69) is 6.07 Å². The molecule has 0 saturated carbocycles. The number of carboxylic acid groups (broad SMARTS) is 1. The van der Waals surface area contributed by atoms with Crippen molar-refractivity contribution in [3.8, 4) is 11.1 Å². The van der Waals surface area contributed by atoms with E-state index in [-0.39, 0.29) is 5.56 Å². The SMILES string of the molecule is Cc1ccc(C)c(-c2ccc(C(=O)O)cc2Cl)c1. The van der Waals surface area contributed by atoms with Crippen LogP contribution in [0.5, 0.6) is 0 Å². The number of rotatable bonds is 2. The molecule has 3 heteroatoms. The summed E-state index contributed by atoms with van der Waals surface area (Å²) in [5.41, 5.74) is 4.37. The highest BCUT2D eigenvalue weighted by Crippen LogP contribution is 2.31. The molecule has 0 spiro atoms. The van der Waals surface area contributed by atoms with Crippen LogP contribution in [0.25, 0.3) is 11.1 Å². The fourth-order valence-corrected chi connectivity index (χ4v) is 2.17. The highest BCUT2D eigenvalue weighted by Gasteiger charge is 2.10. The van der Waals surface area contributed by atoms with Crippen LogP contribution in [0.3, 0.4) is 0 Å². The predicted molar refractivity (Wildman–Crippen MR) is 73.3 cm³/mol. The van der Waals surface area contributed by atoms with E-state index in [9.17, 15) is 4.79 Å². The second-order valence-electron chi connectivity index (χ2n) is 4.32. The second kappa shape index (κ2) is 4.83. The molecule has 0 bridgehead atoms. The monoisotopic (exact) mass is 260 g/mol. The molecule has 2 rings (SSSR count). The fraction of sp³-hybridized carbons (Fsp3) is 0.133. The summed E-state index contributed by atoms with van der Waals surface area (Å²) in [5, 5.41) is 9.37. The summed E-state index contributed by atoms with van der Waals surface area (Å²) in [4.78, 5) is 10.9. The molecule has 0 amide bonds. The first-order valence-electron chi connectivity index (χ1n) is 5.59. The minimum absolute atomic E-state index is 0.203. The third kappa shape index (κ3) is 2.39. The summed E-state index contributed by atoms with van der Waals surface area (Å²) in [6, 6.07) is 10.9. The van der Waals surface area contributed by atoms with Crippen molar-refractivity contribution in [2.24, 2.45) is 0 Å². The van der Waals surface area contributed by atoms with Gasteiger partial charge < -0.3 is 5.11 Å². The molecule has 0 saturated heterocycles. The van der Waals surface area contributed by atoms with Crippen LogP contribution in [0.1, 0.15) is 21.5 Å². The van der Waals surface area contributed by atoms with Crippen LogP contribution in [0.2, 0.25) is 5.02 Å². The normalized spacial score (nSPS) is 10.4. The Bertz CT molecular complexity index is 618. The van der Waals surface area contributed by atoms with Crippen molar-refractivity contribution < 1.29 is 9.90 Å². The zero-order chi connectivity index (χ0) is 13.3. The van der Waals surface area contributed by atoms with Gasteiger partial charge in [-0.2, -0.15) is 0 Å². The van der Waals surface area contributed by atoms with Gasteiger partial charge in [-0.25, -0.2) is 4.79 Å². The summed E-state index contributed by atoms with van der Waals surface area (Å²) < 4.78 is 0. The molecule has 0 aromatic heterocycles. The smallest absolute Gasteiger partial charge is 0.335 e. The van der Waals surface area contributed by atoms with Crippen LogP contribution in [-0.4, -0.2) is 11.1 Å². The van der Waals surface area contributed by atoms with Crippen molar-refractivity contribution in [3.05, 3.63) is 58.1 Å². The Morgan fingerprint density at radius 2 is 1.78 bits per heavy atom. The van der Waals surface area contributed by atoms with E-state index < -0.39 is 5.97 Å². The highest BCUT2D eigenvalue weighted by atomic mass is 35.5. The molecule has 0 unspecified atom stereocenters. The van der Waals surface area contributed by atoms with Gasteiger partial charge in [-0.15, -0.1) is 0 Å². The van der Waals surface area contributed by atoms with Crippen molar-refractivity contribution in [2.45, 2.75) is 13.8 Å². The zero-order valence-corrected chi connectivity index (χ0v) is 11.0. The lowest BCUT2D eigenvalue weighted by Crippen LogP contribution is -1.96. The van der Waals surface area contributed by atoms with Gasteiger partial charge in [-0.1, -0.05) is 41.4 Å². The largest absolute Gasteiger partial charge is 0.478 e. The van der Waals surface area contributed by atoms with E-state index in [1.807, 2.05) is 26.0 Å². The second-order valence-corrected chi connectivity index (χ2v) is 4.73. The summed E-state index contributed by atoms with van der Waals surface area (Å²) in [7, 11) is 0. The summed E-state index contributed by atoms with van der Waals surface area (Å²) in [6.07, 6.45) is 0. The predicted octanol–water partition coefficient (Wildman–Crippen LogP) is 4.32. The van der Waals surface area contributed by atoms with Crippen molar-refractivity contribution in [1.29, 1.82) is 0 Å². The lowest BCUT2D eigenvalue weighted by atomic mass is 9.97. The van der Waals surface area contributed by atoms with E-state index in [0.717, 1.165) is 22.3 Å². The molecule has 0 aliphatic rings. The van der Waals surface area contributed by atoms with E-state index in [4.69, 9.17) is 16.7 Å². The Labute approximate surface area is 111 Å². The van der Waals surface area contributed by atoms with Crippen LogP contribution in [0.15, 0.2) is 36.4 Å². The minimum atomic E-state index is -0.968. The zero-order valence-electron chi connectivity index (χ0n) is 10.2. The average Bonchev–Trinajstić information content (AvgIpc) is 2.32. The number of halogens is 1. The average molecular weight is 261 g/mol. The van der Waals surface area contributed by atoms with Crippen molar-refractivity contribution in [1.82, 2.24) is 0 Å². The number of carbonyl (C=O) groups is 1. The van der Waals surface area contributed by atoms with Gasteiger partial charge in [-0.3, -0.25) is 0 Å². The fourth-order valence-electron chi connectivity index (χ4n) is 1.89. The summed E-state index contributed by atoms with van der Waals surface area (Å²) in [5.74, 6) is -0.968. The maximum absolute atomic E-state index is 10.9. The lowest BCUT2D eigenvalue weighted by Gasteiger charge is -2.10. The number of carboxylic acids is 1. The van der Waals surface area contributed by atoms with Gasteiger partial charge in [0.2, 0.25) is 0 Å². The van der Waals surface area contributed by atoms with E-state index in [0.29, 0.717) is 5.02 Å². The molecule has 92 valence electrons. The Morgan fingerprint density at radius 1 is 1.06 bits per heavy atom. The van der Waals surface area contributed by atoms with Crippen LogP contribution in [-0.2, 0) is 0 Å². The topological polar surface area (TPSA) is 37.3 Å². The summed E-state index contributed by atoms with van der Waals surface area (Å²) >= 11 is 6.17. The molecule has 0 aliphatic carbocycles. The number of aryl methyl sites for hydroxylation is 2. The van der Waals surface area contributed by atoms with Crippen LogP contribution in [0, 0.1) is 13.8 Å². The Hall–Kier alpha value is -1.80. The lowest BCUT2D eigenvalue weighted by molar-refractivity contribution is 0.0697. The molecule has 2 aromatic carbocycles. The number of hydrogen-bond donors (Lipinski definition) is 1. The maximum atomic E-state index is 10.9. The molecule has 0 atom stereocenters. The van der Waals surface area contributed by atoms with Gasteiger partial charge in [0.25, 0.3) is 0 Å². The summed E-state index contributed by atoms with van der Waals surface area (Å²) in [6.45, 7) is 4.03. The van der Waals surface area contributed by atoms with Gasteiger partial charge in [0, 0.05) is 10.6 Å². The molecule has 2 aromatic rings. The first-order valence-corrected chi connectivity index (χ1v) is 5.97. The van der Waals surface area contributed by atoms with Gasteiger partial charge >= 0.3 is 5.97 Å². The molecular weight excluding hydrogens is 248 g/mol. The number of benzene rings is 2. The molecule has 0 fully saturated rings. The molecule has 0 heterocycles. The van der Waals surface area contributed by atoms with E-state index in [1.54, 1.807) is 12.1 Å². The Morgan fingerprint density at radius 3 is 2.39 bits per heavy atom. The molecule has 0 radical (unpaired) electrons. The third-order valence-electron chi connectivity index (χ3n) is 2.90. The minimum Gasteiger partial charge on any atom is -0.478 e. The molecule has 18 heavy (non-hydrogen) atoms. The Balaban J connectivity index is 2.58. The molecule has 0 aliphatic heterocycles. The van der Waals surface area contributed by atoms with Crippen LogP contribution < -0.4 is 0 Å². The highest BCUT2D eigenvalue weighted by molar-refractivity contribution is 6.33.